The highest BCUT2D eigenvalue weighted by atomic mass is 16.5. The van der Waals surface area contributed by atoms with E-state index in [0.29, 0.717) is 6.54 Å². The molecule has 92 valence electrons. The van der Waals surface area contributed by atoms with Gasteiger partial charge in [0.15, 0.2) is 0 Å². The van der Waals surface area contributed by atoms with E-state index in [1.54, 1.807) is 0 Å². The van der Waals surface area contributed by atoms with Gasteiger partial charge in [0.05, 0.1) is 0 Å². The van der Waals surface area contributed by atoms with Crippen molar-refractivity contribution in [2.75, 3.05) is 26.3 Å². The summed E-state index contributed by atoms with van der Waals surface area (Å²) in [5.74, 6) is 0.353. The molecule has 0 aromatic carbocycles. The lowest BCUT2D eigenvalue weighted by Crippen LogP contribution is -2.48. The number of nitrogens with one attached hydrogen (secondary N) is 1. The van der Waals surface area contributed by atoms with Gasteiger partial charge < -0.3 is 15.8 Å². The molecule has 0 aromatic heterocycles. The molecule has 2 aliphatic rings. The van der Waals surface area contributed by atoms with Crippen molar-refractivity contribution in [2.24, 2.45) is 17.1 Å². The lowest BCUT2D eigenvalue weighted by atomic mass is 9.69. The zero-order chi connectivity index (χ0) is 11.4. The fourth-order valence-electron chi connectivity index (χ4n) is 2.51. The molecule has 0 spiro atoms. The molecule has 0 atom stereocenters. The van der Waals surface area contributed by atoms with Gasteiger partial charge in [-0.2, -0.15) is 0 Å². The molecule has 1 aliphatic heterocycles. The summed E-state index contributed by atoms with van der Waals surface area (Å²) in [4.78, 5) is 11.9. The Morgan fingerprint density at radius 1 is 1.38 bits per heavy atom. The predicted molar refractivity (Wildman–Crippen MR) is 61.9 cm³/mol. The van der Waals surface area contributed by atoms with Gasteiger partial charge in [-0.05, 0) is 37.6 Å². The minimum Gasteiger partial charge on any atom is -0.381 e. The molecule has 2 fully saturated rings. The summed E-state index contributed by atoms with van der Waals surface area (Å²) < 4.78 is 5.25. The molecule has 0 aromatic rings. The number of hydrogen-bond acceptors (Lipinski definition) is 3. The molecule has 16 heavy (non-hydrogen) atoms. The average Bonchev–Trinajstić information content (AvgIpc) is 2.29. The molecule has 0 unspecified atom stereocenters. The van der Waals surface area contributed by atoms with E-state index in [1.165, 1.54) is 6.42 Å². The van der Waals surface area contributed by atoms with Crippen LogP contribution in [0.1, 0.15) is 32.1 Å². The third kappa shape index (κ3) is 2.55. The molecule has 0 radical (unpaired) electrons. The molecule has 1 saturated heterocycles. The Balaban J connectivity index is 1.74. The highest BCUT2D eigenvalue weighted by Crippen LogP contribution is 2.39. The first-order chi connectivity index (χ1) is 7.76. The van der Waals surface area contributed by atoms with E-state index in [4.69, 9.17) is 10.5 Å². The highest BCUT2D eigenvalue weighted by molar-refractivity contribution is 5.78. The summed E-state index contributed by atoms with van der Waals surface area (Å²) in [7, 11) is 0. The summed E-state index contributed by atoms with van der Waals surface area (Å²) in [5, 5.41) is 3.07. The monoisotopic (exact) mass is 226 g/mol. The van der Waals surface area contributed by atoms with Gasteiger partial charge in [0.1, 0.15) is 0 Å². The van der Waals surface area contributed by atoms with Crippen LogP contribution >= 0.6 is 0 Å². The molecule has 4 nitrogen and oxygen atoms in total. The van der Waals surface area contributed by atoms with Gasteiger partial charge in [-0.3, -0.25) is 4.79 Å². The number of amides is 1. The van der Waals surface area contributed by atoms with Crippen molar-refractivity contribution in [3.05, 3.63) is 0 Å². The van der Waals surface area contributed by atoms with E-state index in [9.17, 15) is 4.79 Å². The Kier molecular flexibility index (Phi) is 3.82. The van der Waals surface area contributed by atoms with Gasteiger partial charge in [-0.1, -0.05) is 6.42 Å². The topological polar surface area (TPSA) is 64.3 Å². The second-order valence-corrected chi connectivity index (χ2v) is 5.16. The summed E-state index contributed by atoms with van der Waals surface area (Å²) in [6.07, 6.45) is 5.31. The minimum absolute atomic E-state index is 0.156. The summed E-state index contributed by atoms with van der Waals surface area (Å²) >= 11 is 0. The van der Waals surface area contributed by atoms with Crippen molar-refractivity contribution in [1.29, 1.82) is 0 Å². The number of carbonyl (C=O) groups excluding carboxylic acids is 1. The highest BCUT2D eigenvalue weighted by Gasteiger charge is 2.36. The van der Waals surface area contributed by atoms with E-state index in [-0.39, 0.29) is 17.2 Å². The number of nitrogens with two attached hydrogens (primary N) is 1. The molecule has 4 heteroatoms. The molecular formula is C12H22N2O2. The van der Waals surface area contributed by atoms with Crippen molar-refractivity contribution < 1.29 is 9.53 Å². The van der Waals surface area contributed by atoms with Crippen LogP contribution < -0.4 is 11.1 Å². The van der Waals surface area contributed by atoms with Gasteiger partial charge in [-0.15, -0.1) is 0 Å². The molecule has 1 heterocycles. The predicted octanol–water partition coefficient (Wildman–Crippen LogP) is 0.658. The Labute approximate surface area is 96.9 Å². The number of rotatable bonds is 4. The molecule has 1 amide bonds. The first-order valence-corrected chi connectivity index (χ1v) is 6.31. The second-order valence-electron chi connectivity index (χ2n) is 5.16. The first kappa shape index (κ1) is 11.9. The van der Waals surface area contributed by atoms with Crippen LogP contribution in [0.4, 0.5) is 0 Å². The maximum atomic E-state index is 11.9. The molecule has 2 rings (SSSR count). The summed E-state index contributed by atoms with van der Waals surface area (Å²) in [5.41, 5.74) is 5.97. The Morgan fingerprint density at radius 3 is 2.56 bits per heavy atom. The summed E-state index contributed by atoms with van der Waals surface area (Å²) in [6, 6.07) is 0. The number of hydrogen-bond donors (Lipinski definition) is 2. The normalized spacial score (nSPS) is 24.8. The largest absolute Gasteiger partial charge is 0.381 e. The van der Waals surface area contributed by atoms with E-state index in [2.05, 4.69) is 5.32 Å². The van der Waals surface area contributed by atoms with Gasteiger partial charge in [0.25, 0.3) is 0 Å². The maximum Gasteiger partial charge on any atom is 0.223 e. The first-order valence-electron chi connectivity index (χ1n) is 6.31. The zero-order valence-electron chi connectivity index (χ0n) is 9.84. The van der Waals surface area contributed by atoms with Gasteiger partial charge in [-0.25, -0.2) is 0 Å². The molecule has 0 bridgehead atoms. The van der Waals surface area contributed by atoms with Crippen LogP contribution in [0.5, 0.6) is 0 Å². The molecule has 1 aliphatic carbocycles. The smallest absolute Gasteiger partial charge is 0.223 e. The third-order valence-electron chi connectivity index (χ3n) is 4.08. The van der Waals surface area contributed by atoms with Crippen molar-refractivity contribution in [2.45, 2.75) is 32.1 Å². The van der Waals surface area contributed by atoms with Crippen molar-refractivity contribution in [3.8, 4) is 0 Å². The fourth-order valence-corrected chi connectivity index (χ4v) is 2.51. The van der Waals surface area contributed by atoms with Crippen LogP contribution in [0.15, 0.2) is 0 Å². The lowest BCUT2D eigenvalue weighted by Gasteiger charge is -2.41. The van der Waals surface area contributed by atoms with Crippen LogP contribution in [-0.4, -0.2) is 32.2 Å². The standard InChI is InChI=1S/C12H22N2O2/c13-8-12(4-1-5-12)9-14-11(15)10-2-6-16-7-3-10/h10H,1-9,13H2,(H,14,15). The lowest BCUT2D eigenvalue weighted by molar-refractivity contribution is -0.128. The fraction of sp³-hybridized carbons (Fsp3) is 0.917. The van der Waals surface area contributed by atoms with Crippen molar-refractivity contribution in [1.82, 2.24) is 5.32 Å². The van der Waals surface area contributed by atoms with Crippen LogP contribution in [0, 0.1) is 11.3 Å². The number of carbonyl (C=O) groups is 1. The summed E-state index contributed by atoms with van der Waals surface area (Å²) in [6.45, 7) is 2.90. The SMILES string of the molecule is NCC1(CNC(=O)C2CCOCC2)CCC1. The third-order valence-corrected chi connectivity index (χ3v) is 4.08. The Bertz CT molecular complexity index is 240. The Hall–Kier alpha value is -0.610. The number of ether oxygens (including phenoxy) is 1. The minimum atomic E-state index is 0.156. The second kappa shape index (κ2) is 5.15. The molecular weight excluding hydrogens is 204 g/mol. The van der Waals surface area contributed by atoms with Crippen molar-refractivity contribution >= 4 is 5.91 Å². The van der Waals surface area contributed by atoms with E-state index < -0.39 is 0 Å². The quantitative estimate of drug-likeness (QED) is 0.740. The average molecular weight is 226 g/mol. The molecule has 3 N–H and O–H groups in total. The van der Waals surface area contributed by atoms with E-state index >= 15 is 0 Å². The van der Waals surface area contributed by atoms with Gasteiger partial charge in [0.2, 0.25) is 5.91 Å². The van der Waals surface area contributed by atoms with Gasteiger partial charge in [0, 0.05) is 25.7 Å². The van der Waals surface area contributed by atoms with Crippen LogP contribution in [-0.2, 0) is 9.53 Å². The van der Waals surface area contributed by atoms with Crippen LogP contribution in [0.25, 0.3) is 0 Å². The van der Waals surface area contributed by atoms with E-state index in [1.807, 2.05) is 0 Å². The van der Waals surface area contributed by atoms with Crippen molar-refractivity contribution in [3.63, 3.8) is 0 Å². The maximum absolute atomic E-state index is 11.9. The Morgan fingerprint density at radius 2 is 2.06 bits per heavy atom. The van der Waals surface area contributed by atoms with Crippen LogP contribution in [0.2, 0.25) is 0 Å². The van der Waals surface area contributed by atoms with Gasteiger partial charge >= 0.3 is 0 Å². The van der Waals surface area contributed by atoms with E-state index in [0.717, 1.165) is 45.4 Å². The van der Waals surface area contributed by atoms with Crippen LogP contribution in [0.3, 0.4) is 0 Å². The molecule has 1 saturated carbocycles. The zero-order valence-corrected chi connectivity index (χ0v) is 9.84.